The van der Waals surface area contributed by atoms with Crippen LogP contribution in [0.3, 0.4) is 0 Å². The van der Waals surface area contributed by atoms with Crippen molar-refractivity contribution in [3.63, 3.8) is 0 Å². The molecule has 0 spiro atoms. The first-order valence-electron chi connectivity index (χ1n) is 8.95. The molecule has 1 atom stereocenters. The van der Waals surface area contributed by atoms with Crippen molar-refractivity contribution >= 4 is 5.91 Å². The molecule has 0 aromatic heterocycles. The first-order valence-corrected chi connectivity index (χ1v) is 8.95. The Balaban J connectivity index is 1.40. The Bertz CT molecular complexity index is 328. The molecule has 1 saturated carbocycles. The minimum absolute atomic E-state index is 0.326. The third-order valence-electron chi connectivity index (χ3n) is 5.37. The molecule has 120 valence electrons. The zero-order chi connectivity index (χ0) is 14.5. The molecule has 2 aliphatic heterocycles. The van der Waals surface area contributed by atoms with Crippen molar-refractivity contribution in [1.29, 1.82) is 0 Å². The van der Waals surface area contributed by atoms with Crippen molar-refractivity contribution < 1.29 is 9.53 Å². The van der Waals surface area contributed by atoms with Crippen LogP contribution in [0.1, 0.15) is 51.4 Å². The van der Waals surface area contributed by atoms with Crippen LogP contribution >= 0.6 is 0 Å². The van der Waals surface area contributed by atoms with E-state index < -0.39 is 0 Å². The predicted molar refractivity (Wildman–Crippen MR) is 83.2 cm³/mol. The van der Waals surface area contributed by atoms with E-state index in [1.54, 1.807) is 0 Å². The third-order valence-corrected chi connectivity index (χ3v) is 5.37. The number of hydrogen-bond donors (Lipinski definition) is 0. The molecule has 4 nitrogen and oxygen atoms in total. The summed E-state index contributed by atoms with van der Waals surface area (Å²) in [6, 6.07) is 0. The lowest BCUT2D eigenvalue weighted by Crippen LogP contribution is -2.52. The number of piperazine rings is 1. The fourth-order valence-electron chi connectivity index (χ4n) is 4.00. The molecule has 2 saturated heterocycles. The molecule has 1 amide bonds. The van der Waals surface area contributed by atoms with Crippen LogP contribution in [0, 0.1) is 5.92 Å². The molecular weight excluding hydrogens is 264 g/mol. The molecule has 4 heteroatoms. The predicted octanol–water partition coefficient (Wildman–Crippen LogP) is 2.28. The van der Waals surface area contributed by atoms with Gasteiger partial charge in [0, 0.05) is 45.2 Å². The van der Waals surface area contributed by atoms with Crippen molar-refractivity contribution in [2.24, 2.45) is 5.92 Å². The van der Waals surface area contributed by atoms with Crippen molar-refractivity contribution in [2.45, 2.75) is 57.5 Å². The van der Waals surface area contributed by atoms with E-state index in [-0.39, 0.29) is 0 Å². The Morgan fingerprint density at radius 2 is 1.62 bits per heavy atom. The molecular formula is C17H30N2O2. The summed E-state index contributed by atoms with van der Waals surface area (Å²) in [7, 11) is 0. The van der Waals surface area contributed by atoms with Crippen LogP contribution in [0.4, 0.5) is 0 Å². The lowest BCUT2D eigenvalue weighted by atomic mass is 9.88. The van der Waals surface area contributed by atoms with Gasteiger partial charge in [-0.3, -0.25) is 9.69 Å². The maximum atomic E-state index is 12.5. The van der Waals surface area contributed by atoms with Crippen LogP contribution in [0.5, 0.6) is 0 Å². The molecule has 0 aromatic carbocycles. The van der Waals surface area contributed by atoms with E-state index in [0.29, 0.717) is 17.9 Å². The minimum Gasteiger partial charge on any atom is -0.377 e. The van der Waals surface area contributed by atoms with Crippen molar-refractivity contribution in [3.8, 4) is 0 Å². The maximum absolute atomic E-state index is 12.5. The van der Waals surface area contributed by atoms with Gasteiger partial charge < -0.3 is 9.64 Å². The maximum Gasteiger partial charge on any atom is 0.225 e. The Morgan fingerprint density at radius 1 is 0.905 bits per heavy atom. The monoisotopic (exact) mass is 294 g/mol. The number of ether oxygens (including phenoxy) is 1. The summed E-state index contributed by atoms with van der Waals surface area (Å²) in [4.78, 5) is 17.1. The van der Waals surface area contributed by atoms with E-state index in [1.807, 2.05) is 0 Å². The van der Waals surface area contributed by atoms with Crippen LogP contribution in [-0.4, -0.2) is 61.1 Å². The number of rotatable bonds is 3. The highest BCUT2D eigenvalue weighted by atomic mass is 16.5. The molecule has 0 bridgehead atoms. The van der Waals surface area contributed by atoms with Crippen LogP contribution in [0.2, 0.25) is 0 Å². The van der Waals surface area contributed by atoms with Gasteiger partial charge in [-0.25, -0.2) is 0 Å². The summed E-state index contributed by atoms with van der Waals surface area (Å²) in [6.07, 6.45) is 10.2. The van der Waals surface area contributed by atoms with Gasteiger partial charge in [-0.15, -0.1) is 0 Å². The van der Waals surface area contributed by atoms with E-state index in [4.69, 9.17) is 4.74 Å². The van der Waals surface area contributed by atoms with Gasteiger partial charge in [0.05, 0.1) is 6.10 Å². The molecule has 0 N–H and O–H groups in total. The highest BCUT2D eigenvalue weighted by molar-refractivity contribution is 5.79. The number of carbonyl (C=O) groups excluding carboxylic acids is 1. The van der Waals surface area contributed by atoms with Gasteiger partial charge in [-0.1, -0.05) is 19.3 Å². The normalized spacial score (nSPS) is 29.5. The first kappa shape index (κ1) is 15.3. The minimum atomic E-state index is 0.326. The van der Waals surface area contributed by atoms with Crippen LogP contribution in [0.15, 0.2) is 0 Å². The molecule has 2 heterocycles. The van der Waals surface area contributed by atoms with Crippen LogP contribution < -0.4 is 0 Å². The summed E-state index contributed by atoms with van der Waals surface area (Å²) in [5.74, 6) is 0.759. The fourth-order valence-corrected chi connectivity index (χ4v) is 4.00. The van der Waals surface area contributed by atoms with E-state index in [9.17, 15) is 4.79 Å². The van der Waals surface area contributed by atoms with E-state index in [2.05, 4.69) is 9.80 Å². The van der Waals surface area contributed by atoms with Gasteiger partial charge in [-0.05, 0) is 32.1 Å². The second-order valence-electron chi connectivity index (χ2n) is 6.95. The van der Waals surface area contributed by atoms with Gasteiger partial charge in [-0.2, -0.15) is 0 Å². The molecule has 1 unspecified atom stereocenters. The zero-order valence-electron chi connectivity index (χ0n) is 13.3. The molecule has 3 fully saturated rings. The standard InChI is InChI=1S/C17H30N2O2/c20-17(15-6-2-1-3-7-15)19-11-9-18(10-12-19)14-16-8-4-5-13-21-16/h15-16H,1-14H2. The van der Waals surface area contributed by atoms with E-state index in [0.717, 1.165) is 52.2 Å². The summed E-state index contributed by atoms with van der Waals surface area (Å²) in [5, 5.41) is 0. The van der Waals surface area contributed by atoms with E-state index >= 15 is 0 Å². The SMILES string of the molecule is O=C(C1CCCCC1)N1CCN(CC2CCCCO2)CC1. The summed E-state index contributed by atoms with van der Waals surface area (Å²) >= 11 is 0. The largest absolute Gasteiger partial charge is 0.377 e. The molecule has 21 heavy (non-hydrogen) atoms. The molecule has 3 aliphatic rings. The van der Waals surface area contributed by atoms with Crippen LogP contribution in [-0.2, 0) is 9.53 Å². The Kier molecular flexibility index (Phi) is 5.53. The van der Waals surface area contributed by atoms with Gasteiger partial charge in [0.15, 0.2) is 0 Å². The average Bonchev–Trinajstić information content (AvgIpc) is 2.57. The van der Waals surface area contributed by atoms with E-state index in [1.165, 1.54) is 38.5 Å². The molecule has 0 aromatic rings. The second kappa shape index (κ2) is 7.59. The number of hydrogen-bond acceptors (Lipinski definition) is 3. The second-order valence-corrected chi connectivity index (χ2v) is 6.95. The molecule has 1 aliphatic carbocycles. The van der Waals surface area contributed by atoms with Crippen molar-refractivity contribution in [1.82, 2.24) is 9.80 Å². The Hall–Kier alpha value is -0.610. The van der Waals surface area contributed by atoms with Gasteiger partial charge in [0.25, 0.3) is 0 Å². The lowest BCUT2D eigenvalue weighted by Gasteiger charge is -2.38. The Morgan fingerprint density at radius 3 is 2.29 bits per heavy atom. The van der Waals surface area contributed by atoms with Crippen molar-refractivity contribution in [3.05, 3.63) is 0 Å². The van der Waals surface area contributed by atoms with Crippen LogP contribution in [0.25, 0.3) is 0 Å². The molecule has 0 radical (unpaired) electrons. The molecule has 3 rings (SSSR count). The summed E-state index contributed by atoms with van der Waals surface area (Å²) in [6.45, 7) is 5.89. The average molecular weight is 294 g/mol. The highest BCUT2D eigenvalue weighted by Crippen LogP contribution is 2.26. The fraction of sp³-hybridized carbons (Fsp3) is 0.941. The number of nitrogens with zero attached hydrogens (tertiary/aromatic N) is 2. The first-order chi connectivity index (χ1) is 10.3. The van der Waals surface area contributed by atoms with Gasteiger partial charge in [0.1, 0.15) is 0 Å². The lowest BCUT2D eigenvalue weighted by molar-refractivity contribution is -0.138. The topological polar surface area (TPSA) is 32.8 Å². The summed E-state index contributed by atoms with van der Waals surface area (Å²) < 4.78 is 5.83. The third kappa shape index (κ3) is 4.19. The quantitative estimate of drug-likeness (QED) is 0.800. The highest BCUT2D eigenvalue weighted by Gasteiger charge is 2.29. The zero-order valence-corrected chi connectivity index (χ0v) is 13.3. The smallest absolute Gasteiger partial charge is 0.225 e. The number of carbonyl (C=O) groups is 1. The van der Waals surface area contributed by atoms with Crippen molar-refractivity contribution in [2.75, 3.05) is 39.3 Å². The summed E-state index contributed by atoms with van der Waals surface area (Å²) in [5.41, 5.74) is 0. The Labute approximate surface area is 128 Å². The van der Waals surface area contributed by atoms with Gasteiger partial charge in [0.2, 0.25) is 5.91 Å². The van der Waals surface area contributed by atoms with Gasteiger partial charge >= 0.3 is 0 Å². The number of amides is 1.